The fourth-order valence-corrected chi connectivity index (χ4v) is 3.12. The third-order valence-corrected chi connectivity index (χ3v) is 4.47. The molecule has 4 rings (SSSR count). The quantitative estimate of drug-likeness (QED) is 0.732. The average molecular weight is 347 g/mol. The Morgan fingerprint density at radius 3 is 3.00 bits per heavy atom. The standard InChI is InChI=1S/C16H12ClFN4O2/c17-12-2-1-9(18)7-10(12)15(23)21-6-4-13-11(8-21)16(24)22-14(20-13)3-5-19-22/h1-3,5,7,19H,4,6,8H2. The zero-order valence-corrected chi connectivity index (χ0v) is 13.2. The van der Waals surface area contributed by atoms with Gasteiger partial charge in [-0.05, 0) is 18.2 Å². The van der Waals surface area contributed by atoms with Crippen LogP contribution in [0.25, 0.3) is 5.65 Å². The molecule has 0 atom stereocenters. The molecule has 0 spiro atoms. The van der Waals surface area contributed by atoms with Crippen LogP contribution in [0.5, 0.6) is 0 Å². The maximum Gasteiger partial charge on any atom is 0.277 e. The SMILES string of the molecule is O=C(c1cc(F)ccc1Cl)N1CCc2nc3cc[nH]n3c(=O)c2C1. The number of hydrogen-bond acceptors (Lipinski definition) is 3. The number of hydrogen-bond donors (Lipinski definition) is 1. The molecule has 3 aromatic rings. The number of benzene rings is 1. The van der Waals surface area contributed by atoms with E-state index in [0.717, 1.165) is 6.07 Å². The fourth-order valence-electron chi connectivity index (χ4n) is 2.92. The largest absolute Gasteiger partial charge is 0.334 e. The Morgan fingerprint density at radius 2 is 2.17 bits per heavy atom. The van der Waals surface area contributed by atoms with Crippen LogP contribution in [0.3, 0.4) is 0 Å². The molecule has 0 saturated heterocycles. The second-order valence-corrected chi connectivity index (χ2v) is 6.01. The summed E-state index contributed by atoms with van der Waals surface area (Å²) in [6, 6.07) is 5.37. The Balaban J connectivity index is 1.72. The summed E-state index contributed by atoms with van der Waals surface area (Å²) >= 11 is 6.01. The van der Waals surface area contributed by atoms with Gasteiger partial charge in [-0.3, -0.25) is 14.7 Å². The number of aromatic nitrogens is 3. The molecule has 24 heavy (non-hydrogen) atoms. The molecule has 1 aliphatic heterocycles. The smallest absolute Gasteiger partial charge is 0.277 e. The van der Waals surface area contributed by atoms with Crippen molar-refractivity contribution in [3.8, 4) is 0 Å². The van der Waals surface area contributed by atoms with E-state index in [1.165, 1.54) is 21.5 Å². The van der Waals surface area contributed by atoms with E-state index in [0.29, 0.717) is 29.9 Å². The normalized spacial score (nSPS) is 14.0. The van der Waals surface area contributed by atoms with E-state index in [2.05, 4.69) is 10.1 Å². The Kier molecular flexibility index (Phi) is 3.38. The topological polar surface area (TPSA) is 70.5 Å². The summed E-state index contributed by atoms with van der Waals surface area (Å²) in [6.07, 6.45) is 2.09. The molecule has 0 aliphatic carbocycles. The van der Waals surface area contributed by atoms with Crippen LogP contribution in [-0.2, 0) is 13.0 Å². The van der Waals surface area contributed by atoms with E-state index in [9.17, 15) is 14.0 Å². The molecule has 3 heterocycles. The van der Waals surface area contributed by atoms with E-state index < -0.39 is 11.7 Å². The summed E-state index contributed by atoms with van der Waals surface area (Å²) in [4.78, 5) is 31.1. The Hall–Kier alpha value is -2.67. The van der Waals surface area contributed by atoms with Gasteiger partial charge < -0.3 is 4.90 Å². The van der Waals surface area contributed by atoms with Gasteiger partial charge in [0, 0.05) is 25.2 Å². The van der Waals surface area contributed by atoms with Crippen LogP contribution >= 0.6 is 11.6 Å². The summed E-state index contributed by atoms with van der Waals surface area (Å²) in [5.41, 5.74) is 1.56. The van der Waals surface area contributed by atoms with Crippen molar-refractivity contribution in [2.75, 3.05) is 6.54 Å². The van der Waals surface area contributed by atoms with Gasteiger partial charge in [-0.2, -0.15) is 0 Å². The lowest BCUT2D eigenvalue weighted by atomic mass is 10.1. The lowest BCUT2D eigenvalue weighted by Gasteiger charge is -2.28. The fraction of sp³-hybridized carbons (Fsp3) is 0.188. The Labute approximate surface area is 140 Å². The van der Waals surface area contributed by atoms with E-state index >= 15 is 0 Å². The number of nitrogens with zero attached hydrogens (tertiary/aromatic N) is 3. The van der Waals surface area contributed by atoms with Gasteiger partial charge in [0.1, 0.15) is 5.82 Å². The number of halogens is 2. The second kappa shape index (κ2) is 5.45. The molecule has 2 aromatic heterocycles. The molecule has 1 aromatic carbocycles. The van der Waals surface area contributed by atoms with Crippen molar-refractivity contribution < 1.29 is 9.18 Å². The molecule has 0 unspecified atom stereocenters. The highest BCUT2D eigenvalue weighted by Gasteiger charge is 2.27. The number of carbonyl (C=O) groups is 1. The lowest BCUT2D eigenvalue weighted by Crippen LogP contribution is -2.40. The van der Waals surface area contributed by atoms with Crippen molar-refractivity contribution in [3.05, 3.63) is 68.5 Å². The molecule has 0 fully saturated rings. The first-order valence-corrected chi connectivity index (χ1v) is 7.74. The van der Waals surface area contributed by atoms with Crippen molar-refractivity contribution in [1.82, 2.24) is 19.5 Å². The molecule has 0 bridgehead atoms. The number of nitrogens with one attached hydrogen (secondary N) is 1. The van der Waals surface area contributed by atoms with Crippen LogP contribution in [0.4, 0.5) is 4.39 Å². The predicted molar refractivity (Wildman–Crippen MR) is 85.7 cm³/mol. The van der Waals surface area contributed by atoms with Gasteiger partial charge in [-0.25, -0.2) is 13.9 Å². The Morgan fingerprint density at radius 1 is 1.33 bits per heavy atom. The minimum atomic E-state index is -0.532. The minimum Gasteiger partial charge on any atom is -0.334 e. The molecule has 8 heteroatoms. The van der Waals surface area contributed by atoms with Crippen molar-refractivity contribution >= 4 is 23.2 Å². The number of amides is 1. The number of aromatic amines is 1. The van der Waals surface area contributed by atoms with E-state index in [-0.39, 0.29) is 22.7 Å². The molecule has 0 radical (unpaired) electrons. The molecule has 1 amide bonds. The van der Waals surface area contributed by atoms with Crippen LogP contribution in [0, 0.1) is 5.82 Å². The molecule has 0 saturated carbocycles. The number of fused-ring (bicyclic) bond motifs is 2. The van der Waals surface area contributed by atoms with Crippen LogP contribution in [-0.4, -0.2) is 31.9 Å². The van der Waals surface area contributed by atoms with Gasteiger partial charge in [0.05, 0.1) is 28.4 Å². The zero-order valence-electron chi connectivity index (χ0n) is 12.4. The summed E-state index contributed by atoms with van der Waals surface area (Å²) in [5.74, 6) is -0.934. The zero-order chi connectivity index (χ0) is 16.8. The van der Waals surface area contributed by atoms with Gasteiger partial charge in [0.15, 0.2) is 5.65 Å². The van der Waals surface area contributed by atoms with Gasteiger partial charge in [-0.15, -0.1) is 0 Å². The van der Waals surface area contributed by atoms with Gasteiger partial charge in [0.25, 0.3) is 11.5 Å². The predicted octanol–water partition coefficient (Wildman–Crippen LogP) is 2.01. The minimum absolute atomic E-state index is 0.0918. The molecule has 1 N–H and O–H groups in total. The number of rotatable bonds is 1. The first kappa shape index (κ1) is 14.9. The molecular formula is C16H12ClFN4O2. The third-order valence-electron chi connectivity index (χ3n) is 4.14. The highest BCUT2D eigenvalue weighted by Crippen LogP contribution is 2.22. The van der Waals surface area contributed by atoms with E-state index in [1.54, 1.807) is 12.3 Å². The third kappa shape index (κ3) is 2.28. The summed E-state index contributed by atoms with van der Waals surface area (Å²) in [6.45, 7) is 0.514. The highest BCUT2D eigenvalue weighted by atomic mass is 35.5. The Bertz CT molecular complexity index is 1030. The molecule has 1 aliphatic rings. The van der Waals surface area contributed by atoms with Crippen molar-refractivity contribution in [2.24, 2.45) is 0 Å². The van der Waals surface area contributed by atoms with Gasteiger partial charge >= 0.3 is 0 Å². The van der Waals surface area contributed by atoms with Crippen molar-refractivity contribution in [1.29, 1.82) is 0 Å². The first-order valence-electron chi connectivity index (χ1n) is 7.37. The summed E-state index contributed by atoms with van der Waals surface area (Å²) < 4.78 is 14.8. The van der Waals surface area contributed by atoms with Crippen LogP contribution < -0.4 is 5.56 Å². The molecular weight excluding hydrogens is 335 g/mol. The van der Waals surface area contributed by atoms with Crippen molar-refractivity contribution in [2.45, 2.75) is 13.0 Å². The van der Waals surface area contributed by atoms with Gasteiger partial charge in [0.2, 0.25) is 0 Å². The number of carbonyl (C=O) groups excluding carboxylic acids is 1. The maximum absolute atomic E-state index is 13.4. The lowest BCUT2D eigenvalue weighted by molar-refractivity contribution is 0.0732. The van der Waals surface area contributed by atoms with Crippen LogP contribution in [0.1, 0.15) is 21.6 Å². The van der Waals surface area contributed by atoms with Crippen molar-refractivity contribution in [3.63, 3.8) is 0 Å². The first-order chi connectivity index (χ1) is 11.5. The average Bonchev–Trinajstić information content (AvgIpc) is 3.05. The second-order valence-electron chi connectivity index (χ2n) is 5.60. The maximum atomic E-state index is 13.4. The van der Waals surface area contributed by atoms with E-state index in [1.807, 2.05) is 0 Å². The summed E-state index contributed by atoms with van der Waals surface area (Å²) in [7, 11) is 0. The van der Waals surface area contributed by atoms with Gasteiger partial charge in [-0.1, -0.05) is 11.6 Å². The van der Waals surface area contributed by atoms with Crippen LogP contribution in [0.2, 0.25) is 5.02 Å². The highest BCUT2D eigenvalue weighted by molar-refractivity contribution is 6.33. The van der Waals surface area contributed by atoms with E-state index in [4.69, 9.17) is 11.6 Å². The molecule has 6 nitrogen and oxygen atoms in total. The molecule has 122 valence electrons. The number of H-pyrrole nitrogens is 1. The summed E-state index contributed by atoms with van der Waals surface area (Å²) in [5, 5.41) is 2.98. The monoisotopic (exact) mass is 346 g/mol. The van der Waals surface area contributed by atoms with Crippen LogP contribution in [0.15, 0.2) is 35.3 Å².